The van der Waals surface area contributed by atoms with E-state index in [1.54, 1.807) is 6.20 Å². The van der Waals surface area contributed by atoms with Crippen LogP contribution in [0.3, 0.4) is 0 Å². The van der Waals surface area contributed by atoms with Crippen LogP contribution in [0.5, 0.6) is 0 Å². The lowest BCUT2D eigenvalue weighted by atomic mass is 10.1. The standard InChI is InChI=1S/C11H23N/c1-3-4-5-6-7-8-9-11(2)10-12/h10H,3-9,12H2,1-2H3/b11-10+. The van der Waals surface area contributed by atoms with Crippen LogP contribution < -0.4 is 5.73 Å². The van der Waals surface area contributed by atoms with Crippen LogP contribution in [0.2, 0.25) is 0 Å². The first kappa shape index (κ1) is 11.5. The van der Waals surface area contributed by atoms with Gasteiger partial charge >= 0.3 is 0 Å². The first-order chi connectivity index (χ1) is 5.81. The molecule has 1 nitrogen and oxygen atoms in total. The van der Waals surface area contributed by atoms with E-state index < -0.39 is 0 Å². The Morgan fingerprint density at radius 1 is 1.08 bits per heavy atom. The quantitative estimate of drug-likeness (QED) is 0.579. The third-order valence-electron chi connectivity index (χ3n) is 2.21. The summed E-state index contributed by atoms with van der Waals surface area (Å²) in [6.07, 6.45) is 11.1. The Hall–Kier alpha value is -0.460. The number of rotatable bonds is 7. The van der Waals surface area contributed by atoms with Gasteiger partial charge in [0.05, 0.1) is 0 Å². The molecule has 72 valence electrons. The van der Waals surface area contributed by atoms with Crippen molar-refractivity contribution in [3.8, 4) is 0 Å². The molecule has 0 aliphatic heterocycles. The molecule has 0 radical (unpaired) electrons. The number of hydrogen-bond donors (Lipinski definition) is 1. The maximum Gasteiger partial charge on any atom is -0.00733 e. The summed E-state index contributed by atoms with van der Waals surface area (Å²) in [6, 6.07) is 0. The second kappa shape index (κ2) is 8.63. The Kier molecular flexibility index (Phi) is 8.30. The van der Waals surface area contributed by atoms with Crippen LogP contribution in [0.25, 0.3) is 0 Å². The van der Waals surface area contributed by atoms with E-state index >= 15 is 0 Å². The fourth-order valence-electron chi connectivity index (χ4n) is 1.27. The van der Waals surface area contributed by atoms with Crippen LogP contribution in [-0.4, -0.2) is 0 Å². The molecule has 0 aliphatic rings. The molecule has 0 saturated heterocycles. The smallest absolute Gasteiger partial charge is 0.00733 e. The van der Waals surface area contributed by atoms with Crippen LogP contribution in [0.1, 0.15) is 58.8 Å². The molecule has 1 heteroatoms. The van der Waals surface area contributed by atoms with Gasteiger partial charge in [-0.05, 0) is 26.0 Å². The van der Waals surface area contributed by atoms with Gasteiger partial charge in [0.1, 0.15) is 0 Å². The van der Waals surface area contributed by atoms with Gasteiger partial charge in [-0.15, -0.1) is 0 Å². The molecular formula is C11H23N. The third kappa shape index (κ3) is 7.64. The molecule has 0 heterocycles. The first-order valence-corrected chi connectivity index (χ1v) is 5.18. The minimum Gasteiger partial charge on any atom is -0.405 e. The summed E-state index contributed by atoms with van der Waals surface area (Å²) in [5.41, 5.74) is 6.70. The molecule has 0 aromatic heterocycles. The van der Waals surface area contributed by atoms with E-state index in [0.717, 1.165) is 0 Å². The van der Waals surface area contributed by atoms with Crippen molar-refractivity contribution < 1.29 is 0 Å². The maximum atomic E-state index is 5.37. The van der Waals surface area contributed by atoms with E-state index in [9.17, 15) is 0 Å². The van der Waals surface area contributed by atoms with Gasteiger partial charge < -0.3 is 5.73 Å². The Balaban J connectivity index is 3.00. The number of nitrogens with two attached hydrogens (primary N) is 1. The second-order valence-corrected chi connectivity index (χ2v) is 3.53. The van der Waals surface area contributed by atoms with Gasteiger partial charge in [0.15, 0.2) is 0 Å². The third-order valence-corrected chi connectivity index (χ3v) is 2.21. The summed E-state index contributed by atoms with van der Waals surface area (Å²) in [4.78, 5) is 0. The second-order valence-electron chi connectivity index (χ2n) is 3.53. The van der Waals surface area contributed by atoms with Gasteiger partial charge in [0, 0.05) is 0 Å². The first-order valence-electron chi connectivity index (χ1n) is 5.18. The molecule has 0 bridgehead atoms. The molecule has 0 amide bonds. The SMILES string of the molecule is CCCCCCCC/C(C)=C/N. The molecule has 12 heavy (non-hydrogen) atoms. The summed E-state index contributed by atoms with van der Waals surface area (Å²) in [6.45, 7) is 4.35. The number of unbranched alkanes of at least 4 members (excludes halogenated alkanes) is 5. The van der Waals surface area contributed by atoms with Gasteiger partial charge in [-0.3, -0.25) is 0 Å². The Morgan fingerprint density at radius 2 is 1.67 bits per heavy atom. The van der Waals surface area contributed by atoms with Crippen molar-refractivity contribution in [2.24, 2.45) is 5.73 Å². The molecule has 0 atom stereocenters. The number of allylic oxidation sites excluding steroid dienone is 1. The average molecular weight is 169 g/mol. The van der Waals surface area contributed by atoms with E-state index in [0.29, 0.717) is 0 Å². The largest absolute Gasteiger partial charge is 0.405 e. The molecule has 0 aliphatic carbocycles. The fraction of sp³-hybridized carbons (Fsp3) is 0.818. The zero-order valence-electron chi connectivity index (χ0n) is 8.60. The van der Waals surface area contributed by atoms with Crippen LogP contribution in [-0.2, 0) is 0 Å². The summed E-state index contributed by atoms with van der Waals surface area (Å²) >= 11 is 0. The molecule has 0 saturated carbocycles. The van der Waals surface area contributed by atoms with Crippen LogP contribution >= 0.6 is 0 Å². The Bertz CT molecular complexity index is 116. The molecular weight excluding hydrogens is 146 g/mol. The van der Waals surface area contributed by atoms with E-state index in [1.807, 2.05) is 0 Å². The number of hydrogen-bond acceptors (Lipinski definition) is 1. The highest BCUT2D eigenvalue weighted by atomic mass is 14.5. The predicted octanol–water partition coefficient (Wildman–Crippen LogP) is 3.60. The molecule has 0 spiro atoms. The lowest BCUT2D eigenvalue weighted by molar-refractivity contribution is 0.606. The molecule has 0 rings (SSSR count). The maximum absolute atomic E-state index is 5.37. The van der Waals surface area contributed by atoms with Gasteiger partial charge in [-0.25, -0.2) is 0 Å². The molecule has 0 aromatic carbocycles. The highest BCUT2D eigenvalue weighted by molar-refractivity contribution is 4.93. The van der Waals surface area contributed by atoms with Gasteiger partial charge in [-0.1, -0.05) is 44.6 Å². The lowest BCUT2D eigenvalue weighted by Crippen LogP contribution is -1.85. The summed E-state index contributed by atoms with van der Waals surface area (Å²) in [5.74, 6) is 0. The minimum atomic E-state index is 1.18. The van der Waals surface area contributed by atoms with Crippen LogP contribution in [0, 0.1) is 0 Å². The molecule has 0 aromatic rings. The van der Waals surface area contributed by atoms with Gasteiger partial charge in [0.25, 0.3) is 0 Å². The highest BCUT2D eigenvalue weighted by Gasteiger charge is 1.91. The van der Waals surface area contributed by atoms with Crippen molar-refractivity contribution in [3.05, 3.63) is 11.8 Å². The zero-order chi connectivity index (χ0) is 9.23. The molecule has 0 fully saturated rings. The topological polar surface area (TPSA) is 26.0 Å². The van der Waals surface area contributed by atoms with E-state index in [2.05, 4.69) is 13.8 Å². The fourth-order valence-corrected chi connectivity index (χ4v) is 1.27. The normalized spacial score (nSPS) is 12.0. The summed E-state index contributed by atoms with van der Waals surface area (Å²) in [5, 5.41) is 0. The van der Waals surface area contributed by atoms with Crippen molar-refractivity contribution >= 4 is 0 Å². The molecule has 0 unspecified atom stereocenters. The van der Waals surface area contributed by atoms with E-state index in [1.165, 1.54) is 50.5 Å². The average Bonchev–Trinajstić information content (AvgIpc) is 2.10. The Labute approximate surface area is 77.0 Å². The van der Waals surface area contributed by atoms with E-state index in [-0.39, 0.29) is 0 Å². The van der Waals surface area contributed by atoms with E-state index in [4.69, 9.17) is 5.73 Å². The van der Waals surface area contributed by atoms with Crippen molar-refractivity contribution in [2.45, 2.75) is 58.8 Å². The monoisotopic (exact) mass is 169 g/mol. The van der Waals surface area contributed by atoms with Gasteiger partial charge in [0.2, 0.25) is 0 Å². The van der Waals surface area contributed by atoms with Crippen molar-refractivity contribution in [1.82, 2.24) is 0 Å². The van der Waals surface area contributed by atoms with Crippen molar-refractivity contribution in [2.75, 3.05) is 0 Å². The zero-order valence-corrected chi connectivity index (χ0v) is 8.60. The predicted molar refractivity (Wildman–Crippen MR) is 55.9 cm³/mol. The van der Waals surface area contributed by atoms with Crippen LogP contribution in [0.15, 0.2) is 11.8 Å². The minimum absolute atomic E-state index is 1.18. The van der Waals surface area contributed by atoms with Crippen LogP contribution in [0.4, 0.5) is 0 Å². The summed E-state index contributed by atoms with van der Waals surface area (Å²) in [7, 11) is 0. The summed E-state index contributed by atoms with van der Waals surface area (Å²) < 4.78 is 0. The molecule has 2 N–H and O–H groups in total. The Morgan fingerprint density at radius 3 is 2.25 bits per heavy atom. The van der Waals surface area contributed by atoms with Gasteiger partial charge in [-0.2, -0.15) is 0 Å². The lowest BCUT2D eigenvalue weighted by Gasteiger charge is -2.00. The van der Waals surface area contributed by atoms with Crippen molar-refractivity contribution in [1.29, 1.82) is 0 Å². The highest BCUT2D eigenvalue weighted by Crippen LogP contribution is 2.10. The van der Waals surface area contributed by atoms with Crippen molar-refractivity contribution in [3.63, 3.8) is 0 Å².